The molecule has 0 bridgehead atoms. The summed E-state index contributed by atoms with van der Waals surface area (Å²) in [6.45, 7) is 0. The van der Waals surface area contributed by atoms with Crippen LogP contribution in [0.3, 0.4) is 0 Å². The second-order valence-electron chi connectivity index (χ2n) is 4.13. The first-order chi connectivity index (χ1) is 9.93. The van der Waals surface area contributed by atoms with Gasteiger partial charge in [-0.2, -0.15) is 5.26 Å². The molecule has 0 heterocycles. The second-order valence-corrected chi connectivity index (χ2v) is 7.40. The normalized spacial score (nSPS) is 12.0. The Balaban J connectivity index is 2.47. The molecule has 0 spiro atoms. The fraction of sp³-hybridized carbons (Fsp3) is 0. The van der Waals surface area contributed by atoms with Crippen molar-refractivity contribution >= 4 is 43.4 Å². The molecule has 2 rings (SSSR count). The van der Waals surface area contributed by atoms with E-state index in [1.165, 1.54) is 18.2 Å². The number of hydrogen-bond donors (Lipinski definition) is 0. The van der Waals surface area contributed by atoms with Crippen LogP contribution in [0.25, 0.3) is 6.08 Å². The molecule has 0 aliphatic carbocycles. The van der Waals surface area contributed by atoms with Gasteiger partial charge in [0.05, 0.1) is 4.90 Å². The van der Waals surface area contributed by atoms with Crippen LogP contribution >= 0.6 is 27.5 Å². The summed E-state index contributed by atoms with van der Waals surface area (Å²) in [6.07, 6.45) is 1.33. The quantitative estimate of drug-likeness (QED) is 0.737. The molecule has 21 heavy (non-hydrogen) atoms. The highest BCUT2D eigenvalue weighted by Crippen LogP contribution is 2.23. The molecular formula is C15H9BrClNO2S. The van der Waals surface area contributed by atoms with Gasteiger partial charge in [-0.15, -0.1) is 0 Å². The largest absolute Gasteiger partial charge is 0.218 e. The molecule has 0 fully saturated rings. The minimum absolute atomic E-state index is 0.0764. The van der Waals surface area contributed by atoms with E-state index in [9.17, 15) is 8.42 Å². The topological polar surface area (TPSA) is 57.9 Å². The number of allylic oxidation sites excluding steroid dienone is 1. The Morgan fingerprint density at radius 2 is 1.67 bits per heavy atom. The molecule has 0 amide bonds. The van der Waals surface area contributed by atoms with E-state index in [-0.39, 0.29) is 9.80 Å². The van der Waals surface area contributed by atoms with Gasteiger partial charge >= 0.3 is 0 Å². The zero-order chi connectivity index (χ0) is 15.5. The van der Waals surface area contributed by atoms with Crippen molar-refractivity contribution in [2.45, 2.75) is 4.90 Å². The molecule has 6 heteroatoms. The summed E-state index contributed by atoms with van der Waals surface area (Å²) in [5, 5.41) is 9.70. The first-order valence-electron chi connectivity index (χ1n) is 5.81. The van der Waals surface area contributed by atoms with Gasteiger partial charge in [-0.3, -0.25) is 0 Å². The van der Waals surface area contributed by atoms with Gasteiger partial charge in [0, 0.05) is 9.50 Å². The molecule has 0 aliphatic heterocycles. The minimum atomic E-state index is -3.83. The van der Waals surface area contributed by atoms with Crippen molar-refractivity contribution < 1.29 is 8.42 Å². The summed E-state index contributed by atoms with van der Waals surface area (Å²) in [5.74, 6) is 0. The summed E-state index contributed by atoms with van der Waals surface area (Å²) in [6, 6.07) is 14.4. The molecule has 2 aromatic rings. The zero-order valence-electron chi connectivity index (χ0n) is 10.6. The van der Waals surface area contributed by atoms with Gasteiger partial charge in [0.1, 0.15) is 11.0 Å². The SMILES string of the molecule is N#CC(=Cc1ccc(Cl)cc1)S(=O)(=O)c1ccc(Br)cc1. The van der Waals surface area contributed by atoms with E-state index in [4.69, 9.17) is 16.9 Å². The van der Waals surface area contributed by atoms with Crippen molar-refractivity contribution in [3.8, 4) is 6.07 Å². The lowest BCUT2D eigenvalue weighted by Gasteiger charge is -2.03. The number of halogens is 2. The van der Waals surface area contributed by atoms with Crippen molar-refractivity contribution in [1.82, 2.24) is 0 Å². The maximum atomic E-state index is 12.4. The number of hydrogen-bond acceptors (Lipinski definition) is 3. The van der Waals surface area contributed by atoms with Crippen LogP contribution in [0.2, 0.25) is 5.02 Å². The zero-order valence-corrected chi connectivity index (χ0v) is 13.8. The summed E-state index contributed by atoms with van der Waals surface area (Å²) in [4.78, 5) is -0.236. The standard InChI is InChI=1S/C15H9BrClNO2S/c16-12-3-7-14(8-4-12)21(19,20)15(10-18)9-11-1-5-13(17)6-2-11/h1-9H. The Hall–Kier alpha value is -1.61. The summed E-state index contributed by atoms with van der Waals surface area (Å²) >= 11 is 9.01. The Morgan fingerprint density at radius 3 is 2.19 bits per heavy atom. The van der Waals surface area contributed by atoms with Crippen LogP contribution in [0.4, 0.5) is 0 Å². The van der Waals surface area contributed by atoms with E-state index >= 15 is 0 Å². The minimum Gasteiger partial charge on any atom is -0.218 e. The van der Waals surface area contributed by atoms with Gasteiger partial charge in [-0.05, 0) is 48.0 Å². The molecule has 0 aromatic heterocycles. The van der Waals surface area contributed by atoms with Gasteiger partial charge < -0.3 is 0 Å². The molecule has 0 saturated carbocycles. The predicted molar refractivity (Wildman–Crippen MR) is 86.4 cm³/mol. The molecule has 3 nitrogen and oxygen atoms in total. The highest BCUT2D eigenvalue weighted by Gasteiger charge is 2.20. The fourth-order valence-electron chi connectivity index (χ4n) is 1.62. The smallest absolute Gasteiger partial charge is 0.216 e. The monoisotopic (exact) mass is 381 g/mol. The Labute approximate surface area is 136 Å². The van der Waals surface area contributed by atoms with Crippen molar-refractivity contribution in [2.75, 3.05) is 0 Å². The molecule has 106 valence electrons. The van der Waals surface area contributed by atoms with Gasteiger partial charge in [0.15, 0.2) is 0 Å². The van der Waals surface area contributed by atoms with Crippen LogP contribution in [0.5, 0.6) is 0 Å². The fourth-order valence-corrected chi connectivity index (χ4v) is 3.17. The average Bonchev–Trinajstić information content (AvgIpc) is 2.47. The molecule has 0 saturated heterocycles. The van der Waals surface area contributed by atoms with E-state index < -0.39 is 9.84 Å². The molecule has 0 atom stereocenters. The van der Waals surface area contributed by atoms with E-state index in [0.717, 1.165) is 4.47 Å². The van der Waals surface area contributed by atoms with Crippen molar-refractivity contribution in [1.29, 1.82) is 5.26 Å². The summed E-state index contributed by atoms with van der Waals surface area (Å²) in [7, 11) is -3.83. The van der Waals surface area contributed by atoms with Crippen LogP contribution in [0.15, 0.2) is 62.8 Å². The third kappa shape index (κ3) is 3.73. The number of rotatable bonds is 3. The highest BCUT2D eigenvalue weighted by molar-refractivity contribution is 9.10. The first kappa shape index (κ1) is 15.8. The van der Waals surface area contributed by atoms with Crippen LogP contribution < -0.4 is 0 Å². The third-order valence-electron chi connectivity index (χ3n) is 2.69. The van der Waals surface area contributed by atoms with Crippen LogP contribution in [-0.2, 0) is 9.84 Å². The van der Waals surface area contributed by atoms with Gasteiger partial charge in [-0.1, -0.05) is 39.7 Å². The molecular weight excluding hydrogens is 374 g/mol. The van der Waals surface area contributed by atoms with Crippen molar-refractivity contribution in [3.63, 3.8) is 0 Å². The van der Waals surface area contributed by atoms with Crippen LogP contribution in [0, 0.1) is 11.3 Å². The Morgan fingerprint density at radius 1 is 1.10 bits per heavy atom. The summed E-state index contributed by atoms with van der Waals surface area (Å²) in [5.41, 5.74) is 0.594. The number of nitriles is 1. The maximum Gasteiger partial charge on any atom is 0.216 e. The second kappa shape index (κ2) is 6.44. The maximum absolute atomic E-state index is 12.4. The molecule has 0 aliphatic rings. The predicted octanol–water partition coefficient (Wildman–Crippen LogP) is 4.44. The van der Waals surface area contributed by atoms with Crippen LogP contribution in [0.1, 0.15) is 5.56 Å². The highest BCUT2D eigenvalue weighted by atomic mass is 79.9. The van der Waals surface area contributed by atoms with Gasteiger partial charge in [0.25, 0.3) is 0 Å². The lowest BCUT2D eigenvalue weighted by Crippen LogP contribution is -2.03. The summed E-state index contributed by atoms with van der Waals surface area (Å²) < 4.78 is 25.6. The Kier molecular flexibility index (Phi) is 4.84. The van der Waals surface area contributed by atoms with Gasteiger partial charge in [0.2, 0.25) is 9.84 Å². The third-order valence-corrected chi connectivity index (χ3v) is 5.15. The number of benzene rings is 2. The van der Waals surface area contributed by atoms with Crippen molar-refractivity contribution in [2.24, 2.45) is 0 Å². The molecule has 0 unspecified atom stereocenters. The number of nitrogens with zero attached hydrogens (tertiary/aromatic N) is 1. The van der Waals surface area contributed by atoms with Crippen LogP contribution in [-0.4, -0.2) is 8.42 Å². The first-order valence-corrected chi connectivity index (χ1v) is 8.47. The van der Waals surface area contributed by atoms with E-state index in [1.807, 2.05) is 0 Å². The van der Waals surface area contributed by atoms with E-state index in [0.29, 0.717) is 10.6 Å². The van der Waals surface area contributed by atoms with Crippen molar-refractivity contribution in [3.05, 3.63) is 68.5 Å². The lowest BCUT2D eigenvalue weighted by molar-refractivity contribution is 0.603. The van der Waals surface area contributed by atoms with E-state index in [1.54, 1.807) is 42.5 Å². The average molecular weight is 383 g/mol. The lowest BCUT2D eigenvalue weighted by atomic mass is 10.2. The molecule has 0 radical (unpaired) electrons. The molecule has 0 N–H and O–H groups in total. The van der Waals surface area contributed by atoms with E-state index in [2.05, 4.69) is 15.9 Å². The van der Waals surface area contributed by atoms with Gasteiger partial charge in [-0.25, -0.2) is 8.42 Å². The molecule has 2 aromatic carbocycles. The number of sulfone groups is 1. The Bertz CT molecular complexity index is 819.